The first-order chi connectivity index (χ1) is 16.4. The summed E-state index contributed by atoms with van der Waals surface area (Å²) in [5, 5.41) is 11.9. The number of amides is 1. The molecule has 1 aromatic carbocycles. The van der Waals surface area contributed by atoms with E-state index in [4.69, 9.17) is 5.73 Å². The molecule has 10 nitrogen and oxygen atoms in total. The van der Waals surface area contributed by atoms with Crippen LogP contribution in [0.5, 0.6) is 0 Å². The van der Waals surface area contributed by atoms with Crippen LogP contribution in [0.15, 0.2) is 53.6 Å². The molecule has 4 N–H and O–H groups in total. The van der Waals surface area contributed by atoms with Crippen molar-refractivity contribution < 1.29 is 4.79 Å². The molecule has 1 aliphatic heterocycles. The van der Waals surface area contributed by atoms with Crippen LogP contribution in [0.1, 0.15) is 36.8 Å². The van der Waals surface area contributed by atoms with Gasteiger partial charge in [0.15, 0.2) is 11.3 Å². The van der Waals surface area contributed by atoms with Crippen LogP contribution in [-0.4, -0.2) is 54.7 Å². The lowest BCUT2D eigenvalue weighted by atomic mass is 10.1. The summed E-state index contributed by atoms with van der Waals surface area (Å²) in [5.74, 6) is 1.02. The second-order valence-corrected chi connectivity index (χ2v) is 8.76. The van der Waals surface area contributed by atoms with Crippen LogP contribution >= 0.6 is 0 Å². The van der Waals surface area contributed by atoms with Crippen molar-refractivity contribution in [1.82, 2.24) is 29.6 Å². The second kappa shape index (κ2) is 8.71. The maximum atomic E-state index is 13.1. The maximum absolute atomic E-state index is 13.1. The molecule has 1 amide bonds. The minimum absolute atomic E-state index is 0.0235. The van der Waals surface area contributed by atoms with Crippen molar-refractivity contribution in [2.24, 2.45) is 5.73 Å². The first kappa shape index (κ1) is 21.8. The highest BCUT2D eigenvalue weighted by Gasteiger charge is 2.25. The van der Waals surface area contributed by atoms with Crippen molar-refractivity contribution in [3.8, 4) is 11.5 Å². The van der Waals surface area contributed by atoms with Gasteiger partial charge in [0.1, 0.15) is 23.5 Å². The van der Waals surface area contributed by atoms with Gasteiger partial charge in [-0.1, -0.05) is 12.1 Å². The summed E-state index contributed by atoms with van der Waals surface area (Å²) in [6.07, 6.45) is 2.44. The lowest BCUT2D eigenvalue weighted by molar-refractivity contribution is 0.0785. The number of nitrogens with zero attached hydrogens (tertiary/aromatic N) is 5. The molecule has 174 valence electrons. The number of carbonyl (C=O) groups is 1. The fourth-order valence-corrected chi connectivity index (χ4v) is 4.24. The number of nitrogens with one attached hydrogen (secondary N) is 2. The van der Waals surface area contributed by atoms with Gasteiger partial charge in [0.2, 0.25) is 0 Å². The molecule has 0 bridgehead atoms. The molecule has 34 heavy (non-hydrogen) atoms. The fraction of sp³-hybridized carbons (Fsp3) is 0.292. The van der Waals surface area contributed by atoms with E-state index in [9.17, 15) is 9.59 Å². The summed E-state index contributed by atoms with van der Waals surface area (Å²) in [5.41, 5.74) is 7.77. The molecular formula is C24H26N8O2. The average Bonchev–Trinajstić information content (AvgIpc) is 3.48. The Morgan fingerprint density at radius 3 is 2.82 bits per heavy atom. The summed E-state index contributed by atoms with van der Waals surface area (Å²) >= 11 is 0. The number of rotatable bonds is 5. The quantitative estimate of drug-likeness (QED) is 0.418. The standard InChI is InChI=1S/C24H26N8O2/c1-14(2)32-13-26-30-23(32)18-7-4-8-21(29-18)28-17-6-3-5-16-22(17)20(33)11-19(27-16)24(34)31-10-9-15(25)12-31/h3-8,11,13-15H,9-10,12,25H2,1-2H3,(H,27,33)(H,28,29)/t15-/m1/s1. The molecule has 4 heterocycles. The van der Waals surface area contributed by atoms with Crippen molar-refractivity contribution in [3.63, 3.8) is 0 Å². The largest absolute Gasteiger partial charge is 0.350 e. The van der Waals surface area contributed by atoms with Gasteiger partial charge in [-0.15, -0.1) is 10.2 Å². The normalized spacial score (nSPS) is 15.9. The third-order valence-corrected chi connectivity index (χ3v) is 5.97. The number of aromatic nitrogens is 5. The van der Waals surface area contributed by atoms with Gasteiger partial charge in [0.25, 0.3) is 5.91 Å². The molecule has 5 rings (SSSR count). The van der Waals surface area contributed by atoms with Crippen molar-refractivity contribution in [2.75, 3.05) is 18.4 Å². The third kappa shape index (κ3) is 4.03. The van der Waals surface area contributed by atoms with E-state index >= 15 is 0 Å². The van der Waals surface area contributed by atoms with Gasteiger partial charge in [0.05, 0.1) is 16.6 Å². The lowest BCUT2D eigenvalue weighted by Gasteiger charge is -2.16. The summed E-state index contributed by atoms with van der Waals surface area (Å²) in [7, 11) is 0. The highest BCUT2D eigenvalue weighted by atomic mass is 16.2. The minimum Gasteiger partial charge on any atom is -0.350 e. The Hall–Kier alpha value is -4.05. The van der Waals surface area contributed by atoms with E-state index in [0.717, 1.165) is 6.42 Å². The first-order valence-electron chi connectivity index (χ1n) is 11.3. The number of nitrogens with two attached hydrogens (primary N) is 1. The van der Waals surface area contributed by atoms with Crippen molar-refractivity contribution in [2.45, 2.75) is 32.4 Å². The van der Waals surface area contributed by atoms with E-state index in [1.54, 1.807) is 17.3 Å². The number of pyridine rings is 2. The molecule has 0 saturated carbocycles. The molecular weight excluding hydrogens is 432 g/mol. The van der Waals surface area contributed by atoms with Crippen molar-refractivity contribution in [3.05, 3.63) is 64.7 Å². The number of aromatic amines is 1. The zero-order chi connectivity index (χ0) is 23.8. The average molecular weight is 459 g/mol. The highest BCUT2D eigenvalue weighted by molar-refractivity contribution is 5.98. The number of likely N-dealkylation sites (tertiary alicyclic amines) is 1. The summed E-state index contributed by atoms with van der Waals surface area (Å²) in [6, 6.07) is 12.5. The molecule has 10 heteroatoms. The van der Waals surface area contributed by atoms with Crippen LogP contribution < -0.4 is 16.5 Å². The number of anilines is 2. The SMILES string of the molecule is CC(C)n1cnnc1-c1cccc(Nc2cccc3[nH]c(C(=O)N4CC[C@@H](N)C4)cc(=O)c23)n1. The summed E-state index contributed by atoms with van der Waals surface area (Å²) in [4.78, 5) is 35.4. The first-order valence-corrected chi connectivity index (χ1v) is 11.3. The fourth-order valence-electron chi connectivity index (χ4n) is 4.24. The van der Waals surface area contributed by atoms with Crippen molar-refractivity contribution in [1.29, 1.82) is 0 Å². The minimum atomic E-state index is -0.251. The van der Waals surface area contributed by atoms with E-state index in [0.29, 0.717) is 47.0 Å². The predicted octanol–water partition coefficient (Wildman–Crippen LogP) is 2.68. The zero-order valence-corrected chi connectivity index (χ0v) is 19.0. The summed E-state index contributed by atoms with van der Waals surface area (Å²) < 4.78 is 1.94. The number of hydrogen-bond acceptors (Lipinski definition) is 7. The maximum Gasteiger partial charge on any atom is 0.270 e. The predicted molar refractivity (Wildman–Crippen MR) is 130 cm³/mol. The Bertz CT molecular complexity index is 1420. The van der Waals surface area contributed by atoms with Gasteiger partial charge in [0, 0.05) is 31.2 Å². The molecule has 1 aliphatic rings. The van der Waals surface area contributed by atoms with Gasteiger partial charge >= 0.3 is 0 Å². The highest BCUT2D eigenvalue weighted by Crippen LogP contribution is 2.25. The van der Waals surface area contributed by atoms with Gasteiger partial charge < -0.3 is 25.5 Å². The topological polar surface area (TPSA) is 135 Å². The van der Waals surface area contributed by atoms with Crippen molar-refractivity contribution >= 4 is 28.3 Å². The molecule has 1 atom stereocenters. The van der Waals surface area contributed by atoms with Gasteiger partial charge in [-0.25, -0.2) is 4.98 Å². The summed E-state index contributed by atoms with van der Waals surface area (Å²) in [6.45, 7) is 5.18. The zero-order valence-electron chi connectivity index (χ0n) is 19.0. The van der Waals surface area contributed by atoms with Crippen LogP contribution in [0, 0.1) is 0 Å². The van der Waals surface area contributed by atoms with Gasteiger partial charge in [-0.05, 0) is 44.5 Å². The Labute approximate surface area is 195 Å². The molecule has 0 spiro atoms. The van der Waals surface area contributed by atoms with E-state index in [1.807, 2.05) is 34.9 Å². The number of carbonyl (C=O) groups excluding carboxylic acids is 1. The number of benzene rings is 1. The Morgan fingerprint density at radius 1 is 1.24 bits per heavy atom. The van der Waals surface area contributed by atoms with Gasteiger partial charge in [-0.3, -0.25) is 9.59 Å². The van der Waals surface area contributed by atoms with Crippen LogP contribution in [0.4, 0.5) is 11.5 Å². The Kier molecular flexibility index (Phi) is 5.58. The second-order valence-electron chi connectivity index (χ2n) is 8.76. The Morgan fingerprint density at radius 2 is 2.06 bits per heavy atom. The molecule has 3 aromatic heterocycles. The molecule has 4 aromatic rings. The molecule has 0 unspecified atom stereocenters. The molecule has 1 saturated heterocycles. The molecule has 0 radical (unpaired) electrons. The monoisotopic (exact) mass is 458 g/mol. The third-order valence-electron chi connectivity index (χ3n) is 5.97. The van der Waals surface area contributed by atoms with Crippen LogP contribution in [0.2, 0.25) is 0 Å². The lowest BCUT2D eigenvalue weighted by Crippen LogP contribution is -2.33. The molecule has 0 aliphatic carbocycles. The smallest absolute Gasteiger partial charge is 0.270 e. The van der Waals surface area contributed by atoms with E-state index in [-0.39, 0.29) is 29.1 Å². The number of fused-ring (bicyclic) bond motifs is 1. The number of H-pyrrole nitrogens is 1. The van der Waals surface area contributed by atoms with Crippen LogP contribution in [0.3, 0.4) is 0 Å². The van der Waals surface area contributed by atoms with E-state index in [2.05, 4.69) is 39.3 Å². The van der Waals surface area contributed by atoms with E-state index < -0.39 is 0 Å². The Balaban J connectivity index is 1.48. The number of hydrogen-bond donors (Lipinski definition) is 3. The van der Waals surface area contributed by atoms with Gasteiger partial charge in [-0.2, -0.15) is 0 Å². The van der Waals surface area contributed by atoms with Crippen LogP contribution in [-0.2, 0) is 0 Å². The molecule has 1 fully saturated rings. The van der Waals surface area contributed by atoms with E-state index in [1.165, 1.54) is 6.07 Å². The van der Waals surface area contributed by atoms with Crippen LogP contribution in [0.25, 0.3) is 22.4 Å².